The lowest BCUT2D eigenvalue weighted by Gasteiger charge is -2.29. The van der Waals surface area contributed by atoms with Crippen LogP contribution in [-0.2, 0) is 0 Å². The lowest BCUT2D eigenvalue weighted by molar-refractivity contribution is 0.0323. The molecule has 2 atom stereocenters. The van der Waals surface area contributed by atoms with Gasteiger partial charge < -0.3 is 5.11 Å². The van der Waals surface area contributed by atoms with Gasteiger partial charge in [0.2, 0.25) is 0 Å². The van der Waals surface area contributed by atoms with Crippen molar-refractivity contribution in [1.82, 2.24) is 0 Å². The Morgan fingerprint density at radius 2 is 1.86 bits per heavy atom. The minimum absolute atomic E-state index is 0.0214. The van der Waals surface area contributed by atoms with Crippen LogP contribution in [0.15, 0.2) is 24.3 Å². The quantitative estimate of drug-likeness (QED) is 0.787. The van der Waals surface area contributed by atoms with Crippen LogP contribution in [-0.4, -0.2) is 10.7 Å². The molecule has 0 saturated heterocycles. The molecule has 0 aliphatic heterocycles. The third-order valence-electron chi connectivity index (χ3n) is 3.02. The van der Waals surface area contributed by atoms with Crippen LogP contribution in [0.3, 0.4) is 0 Å². The van der Waals surface area contributed by atoms with Crippen LogP contribution in [0.4, 0.5) is 4.39 Å². The van der Waals surface area contributed by atoms with Crippen LogP contribution in [0.25, 0.3) is 0 Å². The highest BCUT2D eigenvalue weighted by Crippen LogP contribution is 2.30. The number of rotatable bonds is 3. The summed E-state index contributed by atoms with van der Waals surface area (Å²) in [5, 5.41) is 10.0. The smallest absolute Gasteiger partial charge is 0.123 e. The summed E-state index contributed by atoms with van der Waals surface area (Å²) in [6.45, 7) is 5.71. The highest BCUT2D eigenvalue weighted by molar-refractivity contribution is 5.22. The van der Waals surface area contributed by atoms with E-state index in [1.165, 1.54) is 12.1 Å². The lowest BCUT2D eigenvalue weighted by Crippen LogP contribution is -2.30. The minimum atomic E-state index is -0.724. The molecule has 0 amide bonds. The summed E-state index contributed by atoms with van der Waals surface area (Å²) in [5.41, 5.74) is 0.246. The maximum atomic E-state index is 12.7. The summed E-state index contributed by atoms with van der Waals surface area (Å²) in [6.07, 6.45) is 0.686. The van der Waals surface area contributed by atoms with E-state index in [9.17, 15) is 9.50 Å². The van der Waals surface area contributed by atoms with Crippen LogP contribution in [0.1, 0.15) is 38.7 Å². The normalized spacial score (nSPS) is 17.5. The molecule has 0 aliphatic carbocycles. The first-order valence-electron chi connectivity index (χ1n) is 4.95. The molecule has 0 fully saturated rings. The van der Waals surface area contributed by atoms with Crippen molar-refractivity contribution in [2.75, 3.05) is 0 Å². The third kappa shape index (κ3) is 2.32. The van der Waals surface area contributed by atoms with Crippen LogP contribution in [0.2, 0.25) is 0 Å². The maximum Gasteiger partial charge on any atom is 0.123 e. The molecule has 0 saturated carbocycles. The molecule has 2 heteroatoms. The molecule has 78 valence electrons. The van der Waals surface area contributed by atoms with E-state index in [1.807, 2.05) is 13.8 Å². The first-order chi connectivity index (χ1) is 6.47. The zero-order chi connectivity index (χ0) is 10.8. The summed E-state index contributed by atoms with van der Waals surface area (Å²) in [7, 11) is 0. The van der Waals surface area contributed by atoms with Gasteiger partial charge >= 0.3 is 0 Å². The average molecular weight is 196 g/mol. The van der Waals surface area contributed by atoms with Crippen molar-refractivity contribution in [3.63, 3.8) is 0 Å². The molecule has 1 nitrogen and oxygen atoms in total. The molecule has 0 spiro atoms. The lowest BCUT2D eigenvalue weighted by atomic mass is 9.83. The molecule has 1 rings (SSSR count). The van der Waals surface area contributed by atoms with Gasteiger partial charge in [0, 0.05) is 5.92 Å². The Kier molecular flexibility index (Phi) is 3.27. The van der Waals surface area contributed by atoms with Gasteiger partial charge in [0.05, 0.1) is 5.60 Å². The van der Waals surface area contributed by atoms with Crippen LogP contribution in [0, 0.1) is 5.82 Å². The molecule has 1 aromatic rings. The Balaban J connectivity index is 2.89. The topological polar surface area (TPSA) is 20.2 Å². The Morgan fingerprint density at radius 1 is 1.36 bits per heavy atom. The maximum absolute atomic E-state index is 12.7. The van der Waals surface area contributed by atoms with Crippen LogP contribution < -0.4 is 0 Å². The van der Waals surface area contributed by atoms with Gasteiger partial charge in [-0.25, -0.2) is 4.39 Å². The SMILES string of the molecule is CCC(C)(O)C(C)c1ccc(F)cc1. The van der Waals surface area contributed by atoms with Gasteiger partial charge in [-0.05, 0) is 31.0 Å². The largest absolute Gasteiger partial charge is 0.390 e. The fraction of sp³-hybridized carbons (Fsp3) is 0.500. The summed E-state index contributed by atoms with van der Waals surface area (Å²) in [4.78, 5) is 0. The first-order valence-corrected chi connectivity index (χ1v) is 4.95. The van der Waals surface area contributed by atoms with E-state index in [1.54, 1.807) is 19.1 Å². The Labute approximate surface area is 84.6 Å². The first kappa shape index (κ1) is 11.2. The highest BCUT2D eigenvalue weighted by Gasteiger charge is 2.27. The summed E-state index contributed by atoms with van der Waals surface area (Å²) in [6, 6.07) is 6.31. The van der Waals surface area contributed by atoms with Crippen molar-refractivity contribution in [1.29, 1.82) is 0 Å². The number of aliphatic hydroxyl groups is 1. The van der Waals surface area contributed by atoms with Gasteiger partial charge in [-0.2, -0.15) is 0 Å². The van der Waals surface area contributed by atoms with Gasteiger partial charge in [-0.1, -0.05) is 26.0 Å². The molecule has 0 heterocycles. The molecular formula is C12H17FO. The predicted octanol–water partition coefficient (Wildman–Crippen LogP) is 3.09. The minimum Gasteiger partial charge on any atom is -0.390 e. The van der Waals surface area contributed by atoms with Crippen molar-refractivity contribution >= 4 is 0 Å². The monoisotopic (exact) mass is 196 g/mol. The summed E-state index contributed by atoms with van der Waals surface area (Å²) < 4.78 is 12.7. The van der Waals surface area contributed by atoms with E-state index >= 15 is 0 Å². The fourth-order valence-corrected chi connectivity index (χ4v) is 1.42. The van der Waals surface area contributed by atoms with E-state index in [0.29, 0.717) is 6.42 Å². The molecule has 0 radical (unpaired) electrons. The second-order valence-electron chi connectivity index (χ2n) is 3.98. The average Bonchev–Trinajstić information content (AvgIpc) is 2.18. The molecule has 0 aromatic heterocycles. The van der Waals surface area contributed by atoms with Gasteiger partial charge in [0.15, 0.2) is 0 Å². The van der Waals surface area contributed by atoms with Crippen molar-refractivity contribution in [3.05, 3.63) is 35.6 Å². The van der Waals surface area contributed by atoms with E-state index in [-0.39, 0.29) is 11.7 Å². The molecule has 1 aromatic carbocycles. The van der Waals surface area contributed by atoms with Crippen LogP contribution in [0.5, 0.6) is 0 Å². The molecule has 1 N–H and O–H groups in total. The highest BCUT2D eigenvalue weighted by atomic mass is 19.1. The number of halogens is 1. The zero-order valence-corrected chi connectivity index (χ0v) is 8.92. The van der Waals surface area contributed by atoms with E-state index in [0.717, 1.165) is 5.56 Å². The second-order valence-corrected chi connectivity index (χ2v) is 3.98. The van der Waals surface area contributed by atoms with Crippen LogP contribution >= 0.6 is 0 Å². The Hall–Kier alpha value is -0.890. The van der Waals surface area contributed by atoms with Crippen molar-refractivity contribution in [2.24, 2.45) is 0 Å². The van der Waals surface area contributed by atoms with E-state index in [4.69, 9.17) is 0 Å². The van der Waals surface area contributed by atoms with Gasteiger partial charge in [0.1, 0.15) is 5.82 Å². The molecule has 2 unspecified atom stereocenters. The number of hydrogen-bond acceptors (Lipinski definition) is 1. The van der Waals surface area contributed by atoms with Gasteiger partial charge in [-0.15, -0.1) is 0 Å². The van der Waals surface area contributed by atoms with E-state index < -0.39 is 5.60 Å². The predicted molar refractivity (Wildman–Crippen MR) is 55.7 cm³/mol. The standard InChI is InChI=1S/C12H17FO/c1-4-12(3,14)9(2)10-5-7-11(13)8-6-10/h5-9,14H,4H2,1-3H3. The second kappa shape index (κ2) is 4.09. The molecule has 14 heavy (non-hydrogen) atoms. The number of benzene rings is 1. The summed E-state index contributed by atoms with van der Waals surface area (Å²) in [5.74, 6) is -0.217. The third-order valence-corrected chi connectivity index (χ3v) is 3.02. The number of hydrogen-bond donors (Lipinski definition) is 1. The Morgan fingerprint density at radius 3 is 2.29 bits per heavy atom. The van der Waals surface area contributed by atoms with E-state index in [2.05, 4.69) is 0 Å². The van der Waals surface area contributed by atoms with Crippen molar-refractivity contribution < 1.29 is 9.50 Å². The van der Waals surface area contributed by atoms with Gasteiger partial charge in [-0.3, -0.25) is 0 Å². The van der Waals surface area contributed by atoms with Gasteiger partial charge in [0.25, 0.3) is 0 Å². The molecule has 0 bridgehead atoms. The van der Waals surface area contributed by atoms with Crippen molar-refractivity contribution in [3.8, 4) is 0 Å². The fourth-order valence-electron chi connectivity index (χ4n) is 1.42. The molecular weight excluding hydrogens is 179 g/mol. The van der Waals surface area contributed by atoms with Crippen molar-refractivity contribution in [2.45, 2.75) is 38.7 Å². The summed E-state index contributed by atoms with van der Waals surface area (Å²) >= 11 is 0. The molecule has 0 aliphatic rings. The zero-order valence-electron chi connectivity index (χ0n) is 8.92. The Bertz CT molecular complexity index is 290.